The second kappa shape index (κ2) is 7.46. The monoisotopic (exact) mass is 338 g/mol. The van der Waals surface area contributed by atoms with E-state index in [2.05, 4.69) is 5.32 Å². The van der Waals surface area contributed by atoms with Crippen LogP contribution in [0.15, 0.2) is 12.2 Å². The molecule has 0 unspecified atom stereocenters. The predicted molar refractivity (Wildman–Crippen MR) is 83.0 cm³/mol. The maximum atomic E-state index is 12.4. The average Bonchev–Trinajstić information content (AvgIpc) is 3.03. The van der Waals surface area contributed by atoms with Crippen LogP contribution in [0.25, 0.3) is 0 Å². The predicted octanol–water partition coefficient (Wildman–Crippen LogP) is 0.234. The van der Waals surface area contributed by atoms with Crippen LogP contribution in [0, 0.1) is 11.8 Å². The van der Waals surface area contributed by atoms with Crippen LogP contribution < -0.4 is 5.32 Å². The van der Waals surface area contributed by atoms with Crippen LogP contribution >= 0.6 is 0 Å². The van der Waals surface area contributed by atoms with Crippen LogP contribution in [-0.4, -0.2) is 57.5 Å². The van der Waals surface area contributed by atoms with Gasteiger partial charge in [0.25, 0.3) is 0 Å². The number of nitrogens with one attached hydrogen (secondary N) is 1. The summed E-state index contributed by atoms with van der Waals surface area (Å²) in [4.78, 5) is 48.5. The van der Waals surface area contributed by atoms with Crippen LogP contribution in [0.1, 0.15) is 32.6 Å². The first-order chi connectivity index (χ1) is 11.3. The van der Waals surface area contributed by atoms with Gasteiger partial charge in [-0.15, -0.1) is 0 Å². The van der Waals surface area contributed by atoms with Crippen LogP contribution in [0.5, 0.6) is 0 Å². The number of rotatable bonds is 5. The van der Waals surface area contributed by atoms with Gasteiger partial charge in [-0.1, -0.05) is 12.2 Å². The molecule has 4 atom stereocenters. The molecule has 0 saturated carbocycles. The molecule has 0 aromatic carbocycles. The van der Waals surface area contributed by atoms with E-state index in [4.69, 9.17) is 5.11 Å². The van der Waals surface area contributed by atoms with Gasteiger partial charge in [0.1, 0.15) is 12.1 Å². The SMILES string of the molecule is C[C@H](NC(=O)[C@H]1CC=CC[C@H]1C(=O)O)C(=O)N1CCC[C@H]1C(=O)O. The molecule has 0 aromatic rings. The summed E-state index contributed by atoms with van der Waals surface area (Å²) in [5.41, 5.74) is 0. The summed E-state index contributed by atoms with van der Waals surface area (Å²) in [7, 11) is 0. The zero-order chi connectivity index (χ0) is 17.9. The van der Waals surface area contributed by atoms with Gasteiger partial charge in [-0.2, -0.15) is 0 Å². The summed E-state index contributed by atoms with van der Waals surface area (Å²) in [5.74, 6) is -4.57. The molecule has 3 N–H and O–H groups in total. The highest BCUT2D eigenvalue weighted by Crippen LogP contribution is 2.26. The van der Waals surface area contributed by atoms with Crippen molar-refractivity contribution in [1.82, 2.24) is 10.2 Å². The van der Waals surface area contributed by atoms with E-state index < -0.39 is 47.7 Å². The molecule has 1 aliphatic heterocycles. The van der Waals surface area contributed by atoms with Crippen molar-refractivity contribution < 1.29 is 29.4 Å². The molecule has 1 aliphatic carbocycles. The highest BCUT2D eigenvalue weighted by Gasteiger charge is 2.38. The number of carbonyl (C=O) groups excluding carboxylic acids is 2. The van der Waals surface area contributed by atoms with E-state index in [1.807, 2.05) is 0 Å². The Kier molecular flexibility index (Phi) is 5.58. The highest BCUT2D eigenvalue weighted by atomic mass is 16.4. The Balaban J connectivity index is 2.00. The zero-order valence-corrected chi connectivity index (χ0v) is 13.5. The van der Waals surface area contributed by atoms with Crippen molar-refractivity contribution in [3.05, 3.63) is 12.2 Å². The highest BCUT2D eigenvalue weighted by molar-refractivity contribution is 5.92. The minimum Gasteiger partial charge on any atom is -0.481 e. The van der Waals surface area contributed by atoms with Gasteiger partial charge in [-0.3, -0.25) is 14.4 Å². The van der Waals surface area contributed by atoms with Crippen LogP contribution in [-0.2, 0) is 19.2 Å². The first-order valence-electron chi connectivity index (χ1n) is 8.04. The molecule has 0 aromatic heterocycles. The van der Waals surface area contributed by atoms with Crippen molar-refractivity contribution in [1.29, 1.82) is 0 Å². The number of hydrogen-bond acceptors (Lipinski definition) is 4. The van der Waals surface area contributed by atoms with Gasteiger partial charge in [0.15, 0.2) is 0 Å². The van der Waals surface area contributed by atoms with E-state index in [0.29, 0.717) is 25.8 Å². The molecule has 1 heterocycles. The summed E-state index contributed by atoms with van der Waals surface area (Å²) < 4.78 is 0. The normalized spacial score (nSPS) is 27.5. The molecule has 8 nitrogen and oxygen atoms in total. The fourth-order valence-electron chi connectivity index (χ4n) is 3.30. The maximum Gasteiger partial charge on any atom is 0.326 e. The van der Waals surface area contributed by atoms with Gasteiger partial charge in [-0.05, 0) is 32.6 Å². The summed E-state index contributed by atoms with van der Waals surface area (Å²) in [6, 6.07) is -1.75. The van der Waals surface area contributed by atoms with Gasteiger partial charge >= 0.3 is 11.9 Å². The third kappa shape index (κ3) is 3.74. The minimum absolute atomic E-state index is 0.281. The largest absolute Gasteiger partial charge is 0.481 e. The third-order valence-corrected chi connectivity index (χ3v) is 4.64. The summed E-state index contributed by atoms with van der Waals surface area (Å²) in [6.07, 6.45) is 5.10. The van der Waals surface area contributed by atoms with E-state index in [1.54, 1.807) is 12.2 Å². The lowest BCUT2D eigenvalue weighted by Crippen LogP contribution is -2.52. The van der Waals surface area contributed by atoms with Gasteiger partial charge in [0, 0.05) is 6.54 Å². The van der Waals surface area contributed by atoms with E-state index in [-0.39, 0.29) is 6.42 Å². The van der Waals surface area contributed by atoms with Crippen molar-refractivity contribution in [2.24, 2.45) is 11.8 Å². The summed E-state index contributed by atoms with van der Waals surface area (Å²) >= 11 is 0. The molecule has 1 fully saturated rings. The number of carbonyl (C=O) groups is 4. The smallest absolute Gasteiger partial charge is 0.326 e. The molecule has 2 aliphatic rings. The number of likely N-dealkylation sites (tertiary alicyclic amines) is 1. The number of allylic oxidation sites excluding steroid dienone is 2. The molecular formula is C16H22N2O6. The quantitative estimate of drug-likeness (QED) is 0.617. The van der Waals surface area contributed by atoms with E-state index in [0.717, 1.165) is 0 Å². The van der Waals surface area contributed by atoms with Crippen molar-refractivity contribution in [3.63, 3.8) is 0 Å². The minimum atomic E-state index is -1.05. The molecule has 2 rings (SSSR count). The number of carboxylic acids is 2. The topological polar surface area (TPSA) is 124 Å². The fraction of sp³-hybridized carbons (Fsp3) is 0.625. The lowest BCUT2D eigenvalue weighted by molar-refractivity contribution is -0.150. The molecule has 24 heavy (non-hydrogen) atoms. The Morgan fingerprint density at radius 3 is 2.29 bits per heavy atom. The second-order valence-corrected chi connectivity index (χ2v) is 6.25. The number of aliphatic carboxylic acids is 2. The van der Waals surface area contributed by atoms with Crippen molar-refractivity contribution in [2.45, 2.75) is 44.7 Å². The van der Waals surface area contributed by atoms with Gasteiger partial charge < -0.3 is 20.4 Å². The molecule has 8 heteroatoms. The lowest BCUT2D eigenvalue weighted by atomic mass is 9.82. The Labute approximate surface area is 139 Å². The fourth-order valence-corrected chi connectivity index (χ4v) is 3.30. The van der Waals surface area contributed by atoms with E-state index in [1.165, 1.54) is 11.8 Å². The first kappa shape index (κ1) is 18.0. The van der Waals surface area contributed by atoms with Crippen molar-refractivity contribution >= 4 is 23.8 Å². The molecule has 132 valence electrons. The maximum absolute atomic E-state index is 12.4. The molecule has 1 saturated heterocycles. The Morgan fingerprint density at radius 1 is 1.08 bits per heavy atom. The average molecular weight is 338 g/mol. The summed E-state index contributed by atoms with van der Waals surface area (Å²) in [5, 5.41) is 20.9. The molecular weight excluding hydrogens is 316 g/mol. The molecule has 0 spiro atoms. The van der Waals surface area contributed by atoms with Gasteiger partial charge in [0.05, 0.1) is 11.8 Å². The van der Waals surface area contributed by atoms with E-state index >= 15 is 0 Å². The van der Waals surface area contributed by atoms with Gasteiger partial charge in [0.2, 0.25) is 11.8 Å². The number of amides is 2. The number of hydrogen-bond donors (Lipinski definition) is 3. The van der Waals surface area contributed by atoms with Crippen LogP contribution in [0.4, 0.5) is 0 Å². The first-order valence-corrected chi connectivity index (χ1v) is 8.04. The van der Waals surface area contributed by atoms with Gasteiger partial charge in [-0.25, -0.2) is 4.79 Å². The lowest BCUT2D eigenvalue weighted by Gasteiger charge is -2.28. The third-order valence-electron chi connectivity index (χ3n) is 4.64. The van der Waals surface area contributed by atoms with Crippen molar-refractivity contribution in [2.75, 3.05) is 6.54 Å². The Hall–Kier alpha value is -2.38. The second-order valence-electron chi connectivity index (χ2n) is 6.25. The number of carboxylic acid groups (broad SMARTS) is 2. The standard InChI is InChI=1S/C16H22N2O6/c1-9(14(20)18-8-4-7-12(18)16(23)24)17-13(19)10-5-2-3-6-11(10)15(21)22/h2-3,9-12H,4-8H2,1H3,(H,17,19)(H,21,22)(H,23,24)/t9-,10-,11+,12-/m0/s1. The molecule has 0 radical (unpaired) electrons. The Morgan fingerprint density at radius 2 is 1.71 bits per heavy atom. The summed E-state index contributed by atoms with van der Waals surface area (Å²) in [6.45, 7) is 1.84. The van der Waals surface area contributed by atoms with Crippen LogP contribution in [0.3, 0.4) is 0 Å². The number of nitrogens with zero attached hydrogens (tertiary/aromatic N) is 1. The van der Waals surface area contributed by atoms with E-state index in [9.17, 15) is 24.3 Å². The molecule has 0 bridgehead atoms. The molecule has 2 amide bonds. The van der Waals surface area contributed by atoms with Crippen LogP contribution in [0.2, 0.25) is 0 Å². The zero-order valence-electron chi connectivity index (χ0n) is 13.5. The Bertz CT molecular complexity index is 573. The van der Waals surface area contributed by atoms with Crippen molar-refractivity contribution in [3.8, 4) is 0 Å².